The zero-order valence-corrected chi connectivity index (χ0v) is 16.9. The van der Waals surface area contributed by atoms with Crippen LogP contribution in [0, 0.1) is 0 Å². The maximum Gasteiger partial charge on any atom is 0.260 e. The van der Waals surface area contributed by atoms with E-state index in [0.29, 0.717) is 22.3 Å². The van der Waals surface area contributed by atoms with Crippen LogP contribution in [0.2, 0.25) is 10.0 Å². The largest absolute Gasteiger partial charge is 0.479 e. The Morgan fingerprint density at radius 1 is 1.31 bits per heavy atom. The highest BCUT2D eigenvalue weighted by molar-refractivity contribution is 7.10. The molecule has 0 saturated carbocycles. The molecule has 1 fully saturated rings. The minimum atomic E-state index is -0.642. The molecule has 0 bridgehead atoms. The quantitative estimate of drug-likeness (QED) is 0.711. The molecule has 1 N–H and O–H groups in total. The first-order valence-corrected chi connectivity index (χ1v) is 10.3. The molecule has 1 aliphatic rings. The van der Waals surface area contributed by atoms with Crippen molar-refractivity contribution < 1.29 is 9.53 Å². The number of likely N-dealkylation sites (tertiary alicyclic amines) is 1. The fourth-order valence-corrected chi connectivity index (χ4v) is 4.41. The van der Waals surface area contributed by atoms with Crippen molar-refractivity contribution in [3.05, 3.63) is 50.6 Å². The third-order valence-electron chi connectivity index (χ3n) is 4.49. The van der Waals surface area contributed by atoms with Gasteiger partial charge < -0.3 is 10.1 Å². The summed E-state index contributed by atoms with van der Waals surface area (Å²) in [4.78, 5) is 16.2. The molecule has 1 aromatic heterocycles. The van der Waals surface area contributed by atoms with Crippen molar-refractivity contribution in [2.24, 2.45) is 0 Å². The fraction of sp³-hybridized carbons (Fsp3) is 0.421. The highest BCUT2D eigenvalue weighted by atomic mass is 35.5. The van der Waals surface area contributed by atoms with Gasteiger partial charge in [0.15, 0.2) is 6.10 Å². The first-order valence-electron chi connectivity index (χ1n) is 8.71. The van der Waals surface area contributed by atoms with E-state index >= 15 is 0 Å². The number of hydrogen-bond acceptors (Lipinski definition) is 4. The van der Waals surface area contributed by atoms with Crippen LogP contribution < -0.4 is 10.1 Å². The standard InChI is InChI=1S/C19H22Cl2N2O2S/c1-13(25-17-7-6-14(20)11-15(17)21)19(24)22-12-16(18-5-4-10-26-18)23-8-2-3-9-23/h4-7,10-11,13,16H,2-3,8-9,12H2,1H3,(H,22,24)/t13-,16+/m0/s1. The van der Waals surface area contributed by atoms with Crippen LogP contribution >= 0.6 is 34.5 Å². The number of nitrogens with one attached hydrogen (secondary N) is 1. The molecule has 7 heteroatoms. The molecule has 0 unspecified atom stereocenters. The number of benzene rings is 1. The van der Waals surface area contributed by atoms with Crippen LogP contribution in [0.3, 0.4) is 0 Å². The second-order valence-corrected chi connectivity index (χ2v) is 8.18. The lowest BCUT2D eigenvalue weighted by atomic mass is 10.2. The van der Waals surface area contributed by atoms with E-state index < -0.39 is 6.10 Å². The van der Waals surface area contributed by atoms with E-state index in [1.165, 1.54) is 17.7 Å². The van der Waals surface area contributed by atoms with Gasteiger partial charge in [-0.05, 0) is 62.5 Å². The Hall–Kier alpha value is -1.27. The SMILES string of the molecule is C[C@H](Oc1ccc(Cl)cc1Cl)C(=O)NC[C@H](c1cccs1)N1CCCC1. The van der Waals surface area contributed by atoms with E-state index in [9.17, 15) is 4.79 Å². The van der Waals surface area contributed by atoms with Gasteiger partial charge in [-0.2, -0.15) is 0 Å². The van der Waals surface area contributed by atoms with Crippen LogP contribution in [0.15, 0.2) is 35.7 Å². The Labute approximate surface area is 168 Å². The summed E-state index contributed by atoms with van der Waals surface area (Å²) in [6, 6.07) is 9.36. The summed E-state index contributed by atoms with van der Waals surface area (Å²) in [6.45, 7) is 4.44. The van der Waals surface area contributed by atoms with Gasteiger partial charge in [0.2, 0.25) is 0 Å². The molecule has 26 heavy (non-hydrogen) atoms. The second-order valence-electron chi connectivity index (χ2n) is 6.35. The molecule has 1 aromatic carbocycles. The Morgan fingerprint density at radius 2 is 2.08 bits per heavy atom. The summed E-state index contributed by atoms with van der Waals surface area (Å²) in [6.07, 6.45) is 1.78. The van der Waals surface area contributed by atoms with Crippen LogP contribution in [0.25, 0.3) is 0 Å². The van der Waals surface area contributed by atoms with Gasteiger partial charge in [0.25, 0.3) is 5.91 Å². The number of rotatable bonds is 7. The lowest BCUT2D eigenvalue weighted by molar-refractivity contribution is -0.127. The van der Waals surface area contributed by atoms with Gasteiger partial charge in [-0.3, -0.25) is 9.69 Å². The number of hydrogen-bond donors (Lipinski definition) is 1. The van der Waals surface area contributed by atoms with Crippen LogP contribution in [-0.2, 0) is 4.79 Å². The average molecular weight is 413 g/mol. The topological polar surface area (TPSA) is 41.6 Å². The molecule has 0 radical (unpaired) electrons. The molecule has 0 aliphatic carbocycles. The monoisotopic (exact) mass is 412 g/mol. The predicted molar refractivity (Wildman–Crippen MR) is 107 cm³/mol. The van der Waals surface area contributed by atoms with E-state index in [1.54, 1.807) is 36.5 Å². The summed E-state index contributed by atoms with van der Waals surface area (Å²) in [5.74, 6) is 0.296. The summed E-state index contributed by atoms with van der Waals surface area (Å²) in [5, 5.41) is 6.03. The summed E-state index contributed by atoms with van der Waals surface area (Å²) in [5.41, 5.74) is 0. The summed E-state index contributed by atoms with van der Waals surface area (Å²) >= 11 is 13.7. The molecule has 2 heterocycles. The first-order chi connectivity index (χ1) is 12.5. The van der Waals surface area contributed by atoms with Crippen molar-refractivity contribution >= 4 is 40.4 Å². The van der Waals surface area contributed by atoms with E-state index in [-0.39, 0.29) is 11.9 Å². The minimum absolute atomic E-state index is 0.156. The number of halogens is 2. The maximum atomic E-state index is 12.5. The average Bonchev–Trinajstić information content (AvgIpc) is 3.31. The van der Waals surface area contributed by atoms with Crippen molar-refractivity contribution in [2.75, 3.05) is 19.6 Å². The number of ether oxygens (including phenoxy) is 1. The van der Waals surface area contributed by atoms with Crippen molar-refractivity contribution in [2.45, 2.75) is 31.9 Å². The molecule has 1 aliphatic heterocycles. The first kappa shape index (κ1) is 19.5. The smallest absolute Gasteiger partial charge is 0.260 e. The fourth-order valence-electron chi connectivity index (χ4n) is 3.10. The molecule has 2 atom stereocenters. The van der Waals surface area contributed by atoms with Gasteiger partial charge in [0, 0.05) is 16.4 Å². The number of carbonyl (C=O) groups is 1. The third kappa shape index (κ3) is 4.92. The lowest BCUT2D eigenvalue weighted by Crippen LogP contribution is -2.41. The van der Waals surface area contributed by atoms with Crippen LogP contribution in [-0.4, -0.2) is 36.5 Å². The molecule has 1 saturated heterocycles. The minimum Gasteiger partial charge on any atom is -0.479 e. The zero-order valence-electron chi connectivity index (χ0n) is 14.6. The maximum absolute atomic E-state index is 12.5. The van der Waals surface area contributed by atoms with E-state index in [0.717, 1.165) is 13.1 Å². The highest BCUT2D eigenvalue weighted by Gasteiger charge is 2.26. The Morgan fingerprint density at radius 3 is 2.73 bits per heavy atom. The van der Waals surface area contributed by atoms with Crippen molar-refractivity contribution in [1.82, 2.24) is 10.2 Å². The van der Waals surface area contributed by atoms with Gasteiger partial charge in [0.1, 0.15) is 5.75 Å². The number of carbonyl (C=O) groups excluding carboxylic acids is 1. The number of amides is 1. The zero-order chi connectivity index (χ0) is 18.5. The van der Waals surface area contributed by atoms with E-state index in [4.69, 9.17) is 27.9 Å². The normalized spacial score (nSPS) is 17.0. The van der Waals surface area contributed by atoms with Gasteiger partial charge >= 0.3 is 0 Å². The highest BCUT2D eigenvalue weighted by Crippen LogP contribution is 2.29. The summed E-state index contributed by atoms with van der Waals surface area (Å²) in [7, 11) is 0. The molecule has 1 amide bonds. The van der Waals surface area contributed by atoms with Crippen molar-refractivity contribution in [3.63, 3.8) is 0 Å². The number of thiophene rings is 1. The molecule has 0 spiro atoms. The van der Waals surface area contributed by atoms with Gasteiger partial charge in [-0.15, -0.1) is 11.3 Å². The molecular formula is C19H22Cl2N2O2S. The van der Waals surface area contributed by atoms with E-state index in [1.807, 2.05) is 0 Å². The third-order valence-corrected chi connectivity index (χ3v) is 5.99. The van der Waals surface area contributed by atoms with Gasteiger partial charge in [0.05, 0.1) is 11.1 Å². The molecule has 140 valence electrons. The van der Waals surface area contributed by atoms with E-state index in [2.05, 4.69) is 27.7 Å². The molecule has 2 aromatic rings. The molecular weight excluding hydrogens is 391 g/mol. The van der Waals surface area contributed by atoms with Crippen molar-refractivity contribution in [3.8, 4) is 5.75 Å². The molecule has 4 nitrogen and oxygen atoms in total. The Kier molecular flexibility index (Phi) is 6.81. The number of nitrogens with zero attached hydrogens (tertiary/aromatic N) is 1. The second kappa shape index (κ2) is 9.09. The molecule has 3 rings (SSSR count). The van der Waals surface area contributed by atoms with Gasteiger partial charge in [-0.1, -0.05) is 29.3 Å². The predicted octanol–water partition coefficient (Wildman–Crippen LogP) is 4.78. The van der Waals surface area contributed by atoms with Crippen LogP contribution in [0.1, 0.15) is 30.7 Å². The van der Waals surface area contributed by atoms with Gasteiger partial charge in [-0.25, -0.2) is 0 Å². The lowest BCUT2D eigenvalue weighted by Gasteiger charge is -2.27. The Balaban J connectivity index is 1.59. The van der Waals surface area contributed by atoms with Crippen molar-refractivity contribution in [1.29, 1.82) is 0 Å². The van der Waals surface area contributed by atoms with Crippen LogP contribution in [0.5, 0.6) is 5.75 Å². The van der Waals surface area contributed by atoms with Crippen LogP contribution in [0.4, 0.5) is 0 Å². The Bertz CT molecular complexity index is 733. The summed E-state index contributed by atoms with van der Waals surface area (Å²) < 4.78 is 5.70.